The van der Waals surface area contributed by atoms with Gasteiger partial charge in [-0.15, -0.1) is 0 Å². The number of anilines is 1. The van der Waals surface area contributed by atoms with Crippen LogP contribution in [0.5, 0.6) is 0 Å². The summed E-state index contributed by atoms with van der Waals surface area (Å²) in [5.74, 6) is -1.62. The van der Waals surface area contributed by atoms with Gasteiger partial charge in [0.2, 0.25) is 0 Å². The van der Waals surface area contributed by atoms with Crippen LogP contribution in [0.4, 0.5) is 11.4 Å². The Morgan fingerprint density at radius 3 is 2.58 bits per heavy atom. The molecule has 1 rings (SSSR count). The van der Waals surface area contributed by atoms with Gasteiger partial charge in [-0.25, -0.2) is 13.2 Å². The van der Waals surface area contributed by atoms with Crippen LogP contribution in [0.3, 0.4) is 0 Å². The number of nitro groups is 1. The van der Waals surface area contributed by atoms with Crippen LogP contribution in [0.1, 0.15) is 10.4 Å². The minimum Gasteiger partial charge on any atom is -0.477 e. The highest BCUT2D eigenvalue weighted by atomic mass is 32.2. The average Bonchev–Trinajstić information content (AvgIpc) is 2.26. The summed E-state index contributed by atoms with van der Waals surface area (Å²) in [6.07, 6.45) is 1.04. The molecule has 0 radical (unpaired) electrons. The summed E-state index contributed by atoms with van der Waals surface area (Å²) in [5, 5.41) is 22.3. The minimum absolute atomic E-state index is 0.0199. The number of carboxylic acids is 1. The largest absolute Gasteiger partial charge is 0.477 e. The molecular weight excluding hydrogens is 276 g/mol. The minimum atomic E-state index is -3.20. The van der Waals surface area contributed by atoms with E-state index in [0.29, 0.717) is 0 Å². The summed E-state index contributed by atoms with van der Waals surface area (Å²) >= 11 is 0. The van der Waals surface area contributed by atoms with Crippen molar-refractivity contribution in [3.63, 3.8) is 0 Å². The third-order valence-corrected chi connectivity index (χ3v) is 3.18. The van der Waals surface area contributed by atoms with Crippen molar-refractivity contribution in [3.05, 3.63) is 33.9 Å². The Morgan fingerprint density at radius 2 is 2.11 bits per heavy atom. The second-order valence-electron chi connectivity index (χ2n) is 3.82. The molecular formula is C10H12N2O6S. The zero-order chi connectivity index (χ0) is 14.6. The Labute approximate surface area is 109 Å². The molecule has 0 aliphatic heterocycles. The first-order chi connectivity index (χ1) is 8.72. The molecule has 2 N–H and O–H groups in total. The first-order valence-corrected chi connectivity index (χ1v) is 7.20. The quantitative estimate of drug-likeness (QED) is 0.584. The maximum Gasteiger partial charge on any atom is 0.342 e. The highest BCUT2D eigenvalue weighted by Gasteiger charge is 2.23. The highest BCUT2D eigenvalue weighted by molar-refractivity contribution is 7.90. The van der Waals surface area contributed by atoms with E-state index in [1.54, 1.807) is 0 Å². The van der Waals surface area contributed by atoms with E-state index in [1.165, 1.54) is 12.1 Å². The number of para-hydroxylation sites is 1. The van der Waals surface area contributed by atoms with Gasteiger partial charge in [-0.3, -0.25) is 10.1 Å². The molecule has 19 heavy (non-hydrogen) atoms. The molecule has 0 unspecified atom stereocenters. The molecule has 0 atom stereocenters. The molecule has 0 aliphatic carbocycles. The molecule has 0 fully saturated rings. The van der Waals surface area contributed by atoms with Crippen LogP contribution < -0.4 is 5.32 Å². The van der Waals surface area contributed by atoms with Crippen LogP contribution in [0.2, 0.25) is 0 Å². The van der Waals surface area contributed by atoms with E-state index in [2.05, 4.69) is 5.32 Å². The predicted molar refractivity (Wildman–Crippen MR) is 68.3 cm³/mol. The molecule has 1 aromatic rings. The van der Waals surface area contributed by atoms with Gasteiger partial charge >= 0.3 is 11.7 Å². The Kier molecular flexibility index (Phi) is 4.43. The van der Waals surface area contributed by atoms with Crippen LogP contribution in [-0.4, -0.2) is 43.0 Å². The molecule has 8 nitrogen and oxygen atoms in total. The first kappa shape index (κ1) is 14.9. The fourth-order valence-corrected chi connectivity index (χ4v) is 1.90. The number of nitrogens with zero attached hydrogens (tertiary/aromatic N) is 1. The van der Waals surface area contributed by atoms with Crippen molar-refractivity contribution in [2.24, 2.45) is 0 Å². The number of hydrogen-bond donors (Lipinski definition) is 2. The lowest BCUT2D eigenvalue weighted by atomic mass is 10.1. The number of nitro benzene ring substituents is 1. The SMILES string of the molecule is CS(=O)(=O)CCNc1cccc(C(=O)O)c1[N+](=O)[O-]. The van der Waals surface area contributed by atoms with E-state index >= 15 is 0 Å². The Hall–Kier alpha value is -2.16. The standard InChI is InChI=1S/C10H12N2O6S/c1-19(17,18)6-5-11-8-4-2-3-7(10(13)14)9(8)12(15)16/h2-4,11H,5-6H2,1H3,(H,13,14). The van der Waals surface area contributed by atoms with Crippen LogP contribution in [-0.2, 0) is 9.84 Å². The van der Waals surface area contributed by atoms with Crippen LogP contribution in [0.15, 0.2) is 18.2 Å². The third kappa shape index (κ3) is 4.21. The number of carboxylic acid groups (broad SMARTS) is 1. The summed E-state index contributed by atoms with van der Waals surface area (Å²) in [5.41, 5.74) is -1.05. The summed E-state index contributed by atoms with van der Waals surface area (Å²) in [4.78, 5) is 21.0. The average molecular weight is 288 g/mol. The highest BCUT2D eigenvalue weighted by Crippen LogP contribution is 2.28. The van der Waals surface area contributed by atoms with Crippen molar-refractivity contribution >= 4 is 27.2 Å². The number of benzene rings is 1. The number of nitrogens with one attached hydrogen (secondary N) is 1. The number of sulfone groups is 1. The number of carbonyl (C=O) groups is 1. The predicted octanol–water partition coefficient (Wildman–Crippen LogP) is 0.749. The van der Waals surface area contributed by atoms with Crippen LogP contribution >= 0.6 is 0 Å². The van der Waals surface area contributed by atoms with E-state index in [1.807, 2.05) is 0 Å². The first-order valence-electron chi connectivity index (χ1n) is 5.14. The number of hydrogen-bond acceptors (Lipinski definition) is 6. The van der Waals surface area contributed by atoms with E-state index in [9.17, 15) is 23.3 Å². The lowest BCUT2D eigenvalue weighted by Crippen LogP contribution is -2.15. The van der Waals surface area contributed by atoms with E-state index < -0.39 is 32.0 Å². The van der Waals surface area contributed by atoms with Gasteiger partial charge in [0.15, 0.2) is 0 Å². The molecule has 0 bridgehead atoms. The van der Waals surface area contributed by atoms with Gasteiger partial charge in [0, 0.05) is 12.8 Å². The van der Waals surface area contributed by atoms with Gasteiger partial charge < -0.3 is 10.4 Å². The van der Waals surface area contributed by atoms with Crippen molar-refractivity contribution in [3.8, 4) is 0 Å². The van der Waals surface area contributed by atoms with Gasteiger partial charge in [0.1, 0.15) is 21.1 Å². The lowest BCUT2D eigenvalue weighted by molar-refractivity contribution is -0.384. The van der Waals surface area contributed by atoms with E-state index in [4.69, 9.17) is 5.11 Å². The normalized spacial score (nSPS) is 11.0. The Balaban J connectivity index is 3.04. The van der Waals surface area contributed by atoms with E-state index in [0.717, 1.165) is 12.3 Å². The maximum atomic E-state index is 10.9. The lowest BCUT2D eigenvalue weighted by Gasteiger charge is -2.07. The van der Waals surface area contributed by atoms with Crippen LogP contribution in [0.25, 0.3) is 0 Å². The monoisotopic (exact) mass is 288 g/mol. The van der Waals surface area contributed by atoms with Gasteiger partial charge in [-0.1, -0.05) is 6.07 Å². The maximum absolute atomic E-state index is 10.9. The van der Waals surface area contributed by atoms with Gasteiger partial charge in [-0.2, -0.15) is 0 Å². The summed E-state index contributed by atoms with van der Waals surface area (Å²) in [7, 11) is -3.20. The second kappa shape index (κ2) is 5.65. The molecule has 0 saturated carbocycles. The second-order valence-corrected chi connectivity index (χ2v) is 6.08. The molecule has 0 aliphatic rings. The Bertz CT molecular complexity index is 610. The molecule has 1 aromatic carbocycles. The molecule has 0 aromatic heterocycles. The smallest absolute Gasteiger partial charge is 0.342 e. The van der Waals surface area contributed by atoms with Gasteiger partial charge in [0.05, 0.1) is 10.7 Å². The molecule has 0 saturated heterocycles. The summed E-state index contributed by atoms with van der Waals surface area (Å²) in [6.45, 7) is -0.0389. The molecule has 0 spiro atoms. The summed E-state index contributed by atoms with van der Waals surface area (Å²) < 4.78 is 21.9. The van der Waals surface area contributed by atoms with Gasteiger partial charge in [0.25, 0.3) is 0 Å². The third-order valence-electron chi connectivity index (χ3n) is 2.24. The van der Waals surface area contributed by atoms with Crippen LogP contribution in [0, 0.1) is 10.1 Å². The van der Waals surface area contributed by atoms with Gasteiger partial charge in [-0.05, 0) is 12.1 Å². The number of aromatic carboxylic acids is 1. The van der Waals surface area contributed by atoms with Crippen molar-refractivity contribution in [2.45, 2.75) is 0 Å². The van der Waals surface area contributed by atoms with Crippen molar-refractivity contribution in [1.29, 1.82) is 0 Å². The fourth-order valence-electron chi connectivity index (χ4n) is 1.43. The van der Waals surface area contributed by atoms with Crippen molar-refractivity contribution < 1.29 is 23.2 Å². The zero-order valence-electron chi connectivity index (χ0n) is 9.99. The topological polar surface area (TPSA) is 127 Å². The molecule has 9 heteroatoms. The summed E-state index contributed by atoms with van der Waals surface area (Å²) in [6, 6.07) is 3.79. The molecule has 104 valence electrons. The molecule has 0 amide bonds. The van der Waals surface area contributed by atoms with Crippen molar-refractivity contribution in [1.82, 2.24) is 0 Å². The number of rotatable bonds is 6. The Morgan fingerprint density at radius 1 is 1.47 bits per heavy atom. The van der Waals surface area contributed by atoms with Crippen molar-refractivity contribution in [2.75, 3.05) is 23.9 Å². The fraction of sp³-hybridized carbons (Fsp3) is 0.300. The zero-order valence-corrected chi connectivity index (χ0v) is 10.8. The molecule has 0 heterocycles. The van der Waals surface area contributed by atoms with E-state index in [-0.39, 0.29) is 18.0 Å².